The third-order valence-electron chi connectivity index (χ3n) is 2.17. The third-order valence-corrected chi connectivity index (χ3v) is 3.33. The Hall–Kier alpha value is -1.10. The lowest BCUT2D eigenvalue weighted by Crippen LogP contribution is -2.17. The van der Waals surface area contributed by atoms with E-state index in [4.69, 9.17) is 4.74 Å². The van der Waals surface area contributed by atoms with Crippen molar-refractivity contribution in [1.82, 2.24) is 4.98 Å². The van der Waals surface area contributed by atoms with Gasteiger partial charge in [0.15, 0.2) is 12.4 Å². The van der Waals surface area contributed by atoms with Crippen LogP contribution >= 0.6 is 22.6 Å². The molecule has 19 heavy (non-hydrogen) atoms. The highest BCUT2D eigenvalue weighted by Gasteiger charge is 2.13. The zero-order valence-corrected chi connectivity index (χ0v) is 12.3. The molecule has 0 aliphatic heterocycles. The quantitative estimate of drug-likeness (QED) is 0.340. The summed E-state index contributed by atoms with van der Waals surface area (Å²) in [4.78, 5) is 15.6. The molecule has 0 bridgehead atoms. The number of carbonyl (C=O) groups is 1. The Morgan fingerprint density at radius 2 is 2.21 bits per heavy atom. The van der Waals surface area contributed by atoms with Crippen molar-refractivity contribution >= 4 is 50.8 Å². The summed E-state index contributed by atoms with van der Waals surface area (Å²) in [5.74, 6) is -0.510. The number of hydrogen-bond donors (Lipinski definition) is 0. The Kier molecular flexibility index (Phi) is 4.80. The average Bonchev–Trinajstić information content (AvgIpc) is 2.40. The number of benzene rings is 1. The summed E-state index contributed by atoms with van der Waals surface area (Å²) in [5, 5.41) is 0.819. The largest absolute Gasteiger partial charge is 0.750 e. The molecule has 0 fully saturated rings. The monoisotopic (exact) mass is 392 g/mol. The molecule has 0 amide bonds. The number of rotatable bonds is 4. The molecule has 0 aliphatic carbocycles. The lowest BCUT2D eigenvalue weighted by Gasteiger charge is -2.09. The fourth-order valence-corrected chi connectivity index (χ4v) is 2.17. The Bertz CT molecular complexity index is 648. The molecule has 2 rings (SSSR count). The molecule has 0 N–H and O–H groups in total. The Labute approximate surface area is 124 Å². The first-order valence-corrected chi connectivity index (χ1v) is 7.12. The van der Waals surface area contributed by atoms with Gasteiger partial charge in [-0.15, -0.1) is 0 Å². The number of pyridine rings is 1. The number of nitrogens with zero attached hydrogens (tertiary/aromatic N) is 1. The van der Waals surface area contributed by atoms with Gasteiger partial charge in [0.05, 0.1) is 14.9 Å². The lowest BCUT2D eigenvalue weighted by molar-refractivity contribution is -0.136. The molecule has 100 valence electrons. The topological polar surface area (TPSA) is 88.6 Å². The predicted molar refractivity (Wildman–Crippen MR) is 75.0 cm³/mol. The van der Waals surface area contributed by atoms with Crippen molar-refractivity contribution in [2.75, 3.05) is 6.61 Å². The van der Waals surface area contributed by atoms with E-state index in [1.165, 1.54) is 0 Å². The summed E-state index contributed by atoms with van der Waals surface area (Å²) >= 11 is -0.741. The third kappa shape index (κ3) is 3.69. The summed E-state index contributed by atoms with van der Waals surface area (Å²) in [6.07, 6.45) is 1.58. The highest BCUT2D eigenvalue weighted by molar-refractivity contribution is 14.1. The molecular weight excluding hydrogens is 385 g/mol. The van der Waals surface area contributed by atoms with E-state index in [0.29, 0.717) is 14.8 Å². The number of fused-ring (bicyclic) bond motifs is 1. The van der Waals surface area contributed by atoms with E-state index in [9.17, 15) is 13.6 Å². The van der Waals surface area contributed by atoms with Gasteiger partial charge < -0.3 is 9.29 Å². The van der Waals surface area contributed by atoms with E-state index >= 15 is 0 Å². The van der Waals surface area contributed by atoms with Crippen LogP contribution < -0.4 is 4.74 Å². The van der Waals surface area contributed by atoms with Crippen LogP contribution in [0.4, 0.5) is 0 Å². The van der Waals surface area contributed by atoms with Crippen molar-refractivity contribution in [3.8, 4) is 5.75 Å². The van der Waals surface area contributed by atoms with Crippen LogP contribution in [-0.4, -0.2) is 26.3 Å². The van der Waals surface area contributed by atoms with Crippen molar-refractivity contribution in [1.29, 1.82) is 0 Å². The summed E-state index contributed by atoms with van der Waals surface area (Å²) in [5.41, 5.74) is 0.533. The van der Waals surface area contributed by atoms with Crippen molar-refractivity contribution in [3.05, 3.63) is 34.0 Å². The van der Waals surface area contributed by atoms with E-state index in [2.05, 4.69) is 9.17 Å². The van der Waals surface area contributed by atoms with Gasteiger partial charge in [0.25, 0.3) is 0 Å². The van der Waals surface area contributed by atoms with Crippen LogP contribution in [0, 0.1) is 3.57 Å². The van der Waals surface area contributed by atoms with Crippen LogP contribution in [0.1, 0.15) is 0 Å². The maximum absolute atomic E-state index is 11.5. The molecule has 0 saturated heterocycles. The molecule has 8 heteroatoms. The lowest BCUT2D eigenvalue weighted by atomic mass is 10.2. The number of ether oxygens (including phenoxy) is 1. The smallest absolute Gasteiger partial charge is 0.339 e. The summed E-state index contributed by atoms with van der Waals surface area (Å²) in [7, 11) is 0. The summed E-state index contributed by atoms with van der Waals surface area (Å²) in [6.45, 7) is -0.671. The zero-order valence-electron chi connectivity index (χ0n) is 9.37. The maximum atomic E-state index is 11.5. The molecule has 0 spiro atoms. The average molecular weight is 392 g/mol. The zero-order chi connectivity index (χ0) is 13.8. The number of aromatic nitrogens is 1. The molecule has 1 heterocycles. The molecule has 1 aromatic heterocycles. The number of carbonyl (C=O) groups excluding carboxylic acids is 1. The van der Waals surface area contributed by atoms with Crippen molar-refractivity contribution in [2.24, 2.45) is 0 Å². The Morgan fingerprint density at radius 3 is 2.95 bits per heavy atom. The maximum Gasteiger partial charge on any atom is 0.339 e. The minimum Gasteiger partial charge on any atom is -0.750 e. The van der Waals surface area contributed by atoms with Gasteiger partial charge in [-0.2, -0.15) is 0 Å². The molecule has 1 atom stereocenters. The fraction of sp³-hybridized carbons (Fsp3) is 0.0909. The standard InChI is InChI=1S/C11H8INO5S/c12-8-4-3-7-2-1-5-13-10(7)11(8)18-9(14)6-17-19(15)16/h1-5H,6H2,(H,15,16)/p-1. The van der Waals surface area contributed by atoms with Crippen molar-refractivity contribution in [2.45, 2.75) is 0 Å². The predicted octanol–water partition coefficient (Wildman–Crippen LogP) is 1.56. The molecule has 6 nitrogen and oxygen atoms in total. The van der Waals surface area contributed by atoms with Crippen molar-refractivity contribution < 1.29 is 22.5 Å². The van der Waals surface area contributed by atoms with Gasteiger partial charge in [-0.1, -0.05) is 12.1 Å². The Balaban J connectivity index is 2.26. The van der Waals surface area contributed by atoms with E-state index in [1.54, 1.807) is 18.3 Å². The second kappa shape index (κ2) is 6.37. The van der Waals surface area contributed by atoms with Gasteiger partial charge in [-0.3, -0.25) is 9.17 Å². The van der Waals surface area contributed by atoms with E-state index in [0.717, 1.165) is 5.39 Å². The highest BCUT2D eigenvalue weighted by atomic mass is 127. The Morgan fingerprint density at radius 1 is 1.42 bits per heavy atom. The molecule has 0 saturated carbocycles. The number of esters is 1. The van der Waals surface area contributed by atoms with Crippen LogP contribution in [0.25, 0.3) is 10.9 Å². The molecule has 0 radical (unpaired) electrons. The van der Waals surface area contributed by atoms with E-state index in [-0.39, 0.29) is 0 Å². The van der Waals surface area contributed by atoms with E-state index in [1.807, 2.05) is 34.7 Å². The summed E-state index contributed by atoms with van der Waals surface area (Å²) < 4.78 is 30.3. The van der Waals surface area contributed by atoms with Gasteiger partial charge in [-0.25, -0.2) is 9.00 Å². The highest BCUT2D eigenvalue weighted by Crippen LogP contribution is 2.29. The number of hydrogen-bond acceptors (Lipinski definition) is 6. The molecule has 1 unspecified atom stereocenters. The van der Waals surface area contributed by atoms with Gasteiger partial charge in [0, 0.05) is 11.6 Å². The van der Waals surface area contributed by atoms with Gasteiger partial charge in [0.2, 0.25) is 0 Å². The second-order valence-electron chi connectivity index (χ2n) is 3.39. The van der Waals surface area contributed by atoms with Gasteiger partial charge in [-0.05, 0) is 34.7 Å². The normalized spacial score (nSPS) is 12.3. The summed E-state index contributed by atoms with van der Waals surface area (Å²) in [6, 6.07) is 7.23. The van der Waals surface area contributed by atoms with Crippen LogP contribution in [0.2, 0.25) is 0 Å². The molecule has 1 aromatic carbocycles. The van der Waals surface area contributed by atoms with Gasteiger partial charge in [0.1, 0.15) is 5.52 Å². The minimum absolute atomic E-state index is 0.295. The minimum atomic E-state index is -2.74. The first kappa shape index (κ1) is 14.3. The van der Waals surface area contributed by atoms with Crippen molar-refractivity contribution in [3.63, 3.8) is 0 Å². The molecule has 2 aromatic rings. The van der Waals surface area contributed by atoms with Crippen LogP contribution in [0.15, 0.2) is 30.5 Å². The van der Waals surface area contributed by atoms with Crippen LogP contribution in [0.5, 0.6) is 5.75 Å². The number of halogens is 1. The fourth-order valence-electron chi connectivity index (χ4n) is 1.43. The van der Waals surface area contributed by atoms with Crippen LogP contribution in [0.3, 0.4) is 0 Å². The SMILES string of the molecule is O=C(COS(=O)[O-])Oc1c(I)ccc2cccnc12. The van der Waals surface area contributed by atoms with Gasteiger partial charge >= 0.3 is 5.97 Å². The first-order chi connectivity index (χ1) is 9.08. The first-order valence-electron chi connectivity index (χ1n) is 5.04. The second-order valence-corrected chi connectivity index (χ2v) is 5.20. The molecular formula is C11H7INO5S-. The van der Waals surface area contributed by atoms with Crippen LogP contribution in [-0.2, 0) is 20.3 Å². The molecule has 0 aliphatic rings. The van der Waals surface area contributed by atoms with E-state index < -0.39 is 23.9 Å².